The molecule has 100 valence electrons. The van der Waals surface area contributed by atoms with Crippen molar-refractivity contribution in [1.82, 2.24) is 4.98 Å². The first-order chi connectivity index (χ1) is 8.99. The van der Waals surface area contributed by atoms with Crippen LogP contribution in [0, 0.1) is 0 Å². The molecule has 1 heterocycles. The first-order valence-electron chi connectivity index (χ1n) is 6.42. The summed E-state index contributed by atoms with van der Waals surface area (Å²) in [5, 5.41) is 2.99. The number of nitrogens with one attached hydrogen (secondary N) is 1. The van der Waals surface area contributed by atoms with E-state index in [0.29, 0.717) is 5.88 Å². The number of rotatable bonds is 3. The molecule has 0 bridgehead atoms. The van der Waals surface area contributed by atoms with E-state index in [2.05, 4.69) is 43.2 Å². The van der Waals surface area contributed by atoms with Crippen molar-refractivity contribution in [3.05, 3.63) is 48.0 Å². The molecule has 2 rings (SSSR count). The van der Waals surface area contributed by atoms with Crippen molar-refractivity contribution in [3.63, 3.8) is 0 Å². The lowest BCUT2D eigenvalue weighted by molar-refractivity contribution is 0.463. The predicted molar refractivity (Wildman–Crippen MR) is 79.0 cm³/mol. The summed E-state index contributed by atoms with van der Waals surface area (Å²) in [5.74, 6) is 2.19. The molecule has 0 aliphatic heterocycles. The molecular formula is C16H20N2O. The number of nitrogens with zero attached hydrogens (tertiary/aromatic N) is 1. The fourth-order valence-electron chi connectivity index (χ4n) is 1.75. The zero-order valence-electron chi connectivity index (χ0n) is 11.9. The summed E-state index contributed by atoms with van der Waals surface area (Å²) in [5.41, 5.74) is 1.44. The van der Waals surface area contributed by atoms with Crippen LogP contribution >= 0.6 is 0 Å². The third-order valence-electron chi connectivity index (χ3n) is 2.92. The maximum absolute atomic E-state index is 5.74. The van der Waals surface area contributed by atoms with Gasteiger partial charge in [0.25, 0.3) is 0 Å². The van der Waals surface area contributed by atoms with Crippen molar-refractivity contribution in [3.8, 4) is 11.6 Å². The number of pyridine rings is 1. The number of benzene rings is 1. The van der Waals surface area contributed by atoms with Crippen molar-refractivity contribution in [1.29, 1.82) is 0 Å². The molecule has 0 unspecified atom stereocenters. The van der Waals surface area contributed by atoms with Crippen LogP contribution in [0.2, 0.25) is 0 Å². The van der Waals surface area contributed by atoms with E-state index >= 15 is 0 Å². The molecule has 1 aromatic carbocycles. The van der Waals surface area contributed by atoms with Crippen LogP contribution in [0.4, 0.5) is 5.82 Å². The summed E-state index contributed by atoms with van der Waals surface area (Å²) < 4.78 is 5.74. The van der Waals surface area contributed by atoms with Gasteiger partial charge in [-0.1, -0.05) is 39.0 Å². The van der Waals surface area contributed by atoms with Gasteiger partial charge >= 0.3 is 0 Å². The number of aromatic nitrogens is 1. The molecule has 1 N–H and O–H groups in total. The van der Waals surface area contributed by atoms with Crippen LogP contribution in [-0.4, -0.2) is 12.0 Å². The minimum absolute atomic E-state index is 0.156. The minimum Gasteiger partial charge on any atom is -0.439 e. The summed E-state index contributed by atoms with van der Waals surface area (Å²) in [6.07, 6.45) is 0. The molecule has 0 aliphatic rings. The second kappa shape index (κ2) is 5.31. The molecule has 0 radical (unpaired) electrons. The third-order valence-corrected chi connectivity index (χ3v) is 2.92. The molecule has 0 atom stereocenters. The fraction of sp³-hybridized carbons (Fsp3) is 0.312. The molecule has 19 heavy (non-hydrogen) atoms. The van der Waals surface area contributed by atoms with E-state index in [-0.39, 0.29) is 5.41 Å². The number of hydrogen-bond acceptors (Lipinski definition) is 3. The van der Waals surface area contributed by atoms with E-state index in [1.807, 2.05) is 37.4 Å². The van der Waals surface area contributed by atoms with Gasteiger partial charge in [-0.2, -0.15) is 4.98 Å². The minimum atomic E-state index is 0.156. The Bertz CT molecular complexity index is 541. The van der Waals surface area contributed by atoms with Crippen LogP contribution in [0.1, 0.15) is 26.3 Å². The summed E-state index contributed by atoms with van der Waals surface area (Å²) in [6.45, 7) is 6.59. The molecule has 3 nitrogen and oxygen atoms in total. The highest BCUT2D eigenvalue weighted by Crippen LogP contribution is 2.26. The van der Waals surface area contributed by atoms with Crippen molar-refractivity contribution in [2.24, 2.45) is 0 Å². The predicted octanol–water partition coefficient (Wildman–Crippen LogP) is 4.21. The molecule has 3 heteroatoms. The Morgan fingerprint density at radius 3 is 2.26 bits per heavy atom. The van der Waals surface area contributed by atoms with Gasteiger partial charge < -0.3 is 10.1 Å². The normalized spacial score (nSPS) is 11.2. The Labute approximate surface area is 114 Å². The van der Waals surface area contributed by atoms with Crippen LogP contribution in [0.15, 0.2) is 42.5 Å². The average molecular weight is 256 g/mol. The second-order valence-electron chi connectivity index (χ2n) is 5.49. The Hall–Kier alpha value is -2.03. The smallest absolute Gasteiger partial charge is 0.221 e. The van der Waals surface area contributed by atoms with Gasteiger partial charge in [0, 0.05) is 13.1 Å². The van der Waals surface area contributed by atoms with Gasteiger partial charge in [-0.05, 0) is 29.2 Å². The number of hydrogen-bond donors (Lipinski definition) is 1. The van der Waals surface area contributed by atoms with E-state index in [9.17, 15) is 0 Å². The zero-order valence-corrected chi connectivity index (χ0v) is 11.9. The Morgan fingerprint density at radius 2 is 1.68 bits per heavy atom. The molecule has 0 amide bonds. The van der Waals surface area contributed by atoms with Crippen LogP contribution in [-0.2, 0) is 5.41 Å². The van der Waals surface area contributed by atoms with Gasteiger partial charge in [0.05, 0.1) is 0 Å². The van der Waals surface area contributed by atoms with Crippen molar-refractivity contribution < 1.29 is 4.74 Å². The van der Waals surface area contributed by atoms with Crippen molar-refractivity contribution >= 4 is 5.82 Å². The molecule has 0 fully saturated rings. The monoisotopic (exact) mass is 256 g/mol. The van der Waals surface area contributed by atoms with Gasteiger partial charge in [-0.25, -0.2) is 0 Å². The molecular weight excluding hydrogens is 236 g/mol. The SMILES string of the molecule is CNc1cccc(Oc2ccc(C(C)(C)C)cc2)n1. The number of ether oxygens (including phenoxy) is 1. The second-order valence-corrected chi connectivity index (χ2v) is 5.49. The van der Waals surface area contributed by atoms with Crippen LogP contribution < -0.4 is 10.1 Å². The molecule has 0 saturated heterocycles. The molecule has 1 aromatic heterocycles. The lowest BCUT2D eigenvalue weighted by Crippen LogP contribution is -2.10. The Kier molecular flexibility index (Phi) is 3.74. The van der Waals surface area contributed by atoms with Gasteiger partial charge in [0.15, 0.2) is 0 Å². The van der Waals surface area contributed by atoms with Crippen molar-refractivity contribution in [2.75, 3.05) is 12.4 Å². The van der Waals surface area contributed by atoms with Gasteiger partial charge in [-0.3, -0.25) is 0 Å². The van der Waals surface area contributed by atoms with E-state index in [1.54, 1.807) is 0 Å². The Morgan fingerprint density at radius 1 is 1.00 bits per heavy atom. The van der Waals surface area contributed by atoms with Gasteiger partial charge in [0.2, 0.25) is 5.88 Å². The largest absolute Gasteiger partial charge is 0.439 e. The standard InChI is InChI=1S/C16H20N2O/c1-16(2,3)12-8-10-13(11-9-12)19-15-7-5-6-14(17-4)18-15/h5-11H,1-4H3,(H,17,18). The third kappa shape index (κ3) is 3.47. The number of anilines is 1. The van der Waals surface area contributed by atoms with Crippen LogP contribution in [0.3, 0.4) is 0 Å². The van der Waals surface area contributed by atoms with Crippen LogP contribution in [0.25, 0.3) is 0 Å². The van der Waals surface area contributed by atoms with E-state index in [1.165, 1.54) is 5.56 Å². The highest BCUT2D eigenvalue weighted by molar-refractivity contribution is 5.38. The van der Waals surface area contributed by atoms with E-state index < -0.39 is 0 Å². The van der Waals surface area contributed by atoms with Gasteiger partial charge in [-0.15, -0.1) is 0 Å². The molecule has 2 aromatic rings. The lowest BCUT2D eigenvalue weighted by Gasteiger charge is -2.19. The maximum atomic E-state index is 5.74. The zero-order chi connectivity index (χ0) is 13.9. The molecule has 0 saturated carbocycles. The first kappa shape index (κ1) is 13.4. The van der Waals surface area contributed by atoms with E-state index in [0.717, 1.165) is 11.6 Å². The average Bonchev–Trinajstić information content (AvgIpc) is 2.38. The molecule has 0 spiro atoms. The Balaban J connectivity index is 2.15. The topological polar surface area (TPSA) is 34.1 Å². The fourth-order valence-corrected chi connectivity index (χ4v) is 1.75. The summed E-state index contributed by atoms with van der Waals surface area (Å²) in [6, 6.07) is 13.8. The summed E-state index contributed by atoms with van der Waals surface area (Å²) >= 11 is 0. The summed E-state index contributed by atoms with van der Waals surface area (Å²) in [4.78, 5) is 4.32. The van der Waals surface area contributed by atoms with Crippen molar-refractivity contribution in [2.45, 2.75) is 26.2 Å². The quantitative estimate of drug-likeness (QED) is 0.893. The highest BCUT2D eigenvalue weighted by Gasteiger charge is 2.13. The maximum Gasteiger partial charge on any atom is 0.221 e. The molecule has 0 aliphatic carbocycles. The highest BCUT2D eigenvalue weighted by atomic mass is 16.5. The first-order valence-corrected chi connectivity index (χ1v) is 6.42. The lowest BCUT2D eigenvalue weighted by atomic mass is 9.87. The van der Waals surface area contributed by atoms with Gasteiger partial charge in [0.1, 0.15) is 11.6 Å². The summed E-state index contributed by atoms with van der Waals surface area (Å²) in [7, 11) is 1.84. The van der Waals surface area contributed by atoms with Crippen LogP contribution in [0.5, 0.6) is 11.6 Å². The van der Waals surface area contributed by atoms with E-state index in [4.69, 9.17) is 4.74 Å².